The van der Waals surface area contributed by atoms with Gasteiger partial charge in [0.25, 0.3) is 0 Å². The molecular formula is C29H46N2O2. The number of nitrogens with one attached hydrogen (secondary N) is 1. The Labute approximate surface area is 202 Å². The highest BCUT2D eigenvalue weighted by molar-refractivity contribution is 5.90. The predicted molar refractivity (Wildman–Crippen MR) is 140 cm³/mol. The van der Waals surface area contributed by atoms with E-state index in [1.165, 1.54) is 77.0 Å². The quantitative estimate of drug-likeness (QED) is 0.133. The molecule has 0 aliphatic carbocycles. The summed E-state index contributed by atoms with van der Waals surface area (Å²) in [6.07, 6.45) is 23.4. The van der Waals surface area contributed by atoms with Crippen LogP contribution >= 0.6 is 0 Å². The van der Waals surface area contributed by atoms with Crippen LogP contribution in [0.1, 0.15) is 109 Å². The molecule has 4 nitrogen and oxygen atoms in total. The van der Waals surface area contributed by atoms with E-state index < -0.39 is 5.60 Å². The molecule has 1 aliphatic heterocycles. The smallest absolute Gasteiger partial charge is 0.207 e. The molecule has 0 saturated carbocycles. The van der Waals surface area contributed by atoms with Crippen LogP contribution in [0, 0.1) is 5.41 Å². The summed E-state index contributed by atoms with van der Waals surface area (Å²) in [5.41, 5.74) is 6.98. The summed E-state index contributed by atoms with van der Waals surface area (Å²) in [6, 6.07) is 7.82. The Hall–Kier alpha value is -2.23. The lowest BCUT2D eigenvalue weighted by molar-refractivity contribution is 0.124. The third kappa shape index (κ3) is 9.27. The van der Waals surface area contributed by atoms with E-state index >= 15 is 0 Å². The Morgan fingerprint density at radius 3 is 1.97 bits per heavy atom. The van der Waals surface area contributed by atoms with E-state index in [1.54, 1.807) is 6.26 Å². The van der Waals surface area contributed by atoms with Gasteiger partial charge in [0.1, 0.15) is 11.6 Å². The number of hydrogen-bond acceptors (Lipinski definition) is 3. The first-order valence-electron chi connectivity index (χ1n) is 13.3. The van der Waals surface area contributed by atoms with Crippen molar-refractivity contribution in [1.82, 2.24) is 0 Å². The van der Waals surface area contributed by atoms with Gasteiger partial charge < -0.3 is 15.2 Å². The number of allylic oxidation sites excluding steroid dienone is 2. The molecule has 184 valence electrons. The largest absolute Gasteiger partial charge is 0.494 e. The highest BCUT2D eigenvalue weighted by atomic mass is 16.5. The topological polar surface area (TPSA) is 68.3 Å². The van der Waals surface area contributed by atoms with Crippen molar-refractivity contribution < 1.29 is 9.47 Å². The van der Waals surface area contributed by atoms with Crippen molar-refractivity contribution in [1.29, 1.82) is 5.41 Å². The first-order valence-corrected chi connectivity index (χ1v) is 13.3. The minimum Gasteiger partial charge on any atom is -0.494 e. The summed E-state index contributed by atoms with van der Waals surface area (Å²) in [7, 11) is 0. The van der Waals surface area contributed by atoms with Gasteiger partial charge in [0.2, 0.25) is 5.60 Å². The molecule has 33 heavy (non-hydrogen) atoms. The second-order valence-electron chi connectivity index (χ2n) is 9.31. The minimum absolute atomic E-state index is 0.00893. The highest BCUT2D eigenvalue weighted by Gasteiger charge is 2.36. The van der Waals surface area contributed by atoms with Crippen molar-refractivity contribution in [3.05, 3.63) is 53.8 Å². The molecule has 2 rings (SSSR count). The Kier molecular flexibility index (Phi) is 12.8. The van der Waals surface area contributed by atoms with Crippen molar-refractivity contribution >= 4 is 5.84 Å². The zero-order valence-corrected chi connectivity index (χ0v) is 21.0. The summed E-state index contributed by atoms with van der Waals surface area (Å²) in [5, 5.41) is 8.18. The second-order valence-corrected chi connectivity index (χ2v) is 9.31. The van der Waals surface area contributed by atoms with Gasteiger partial charge in [-0.1, -0.05) is 103 Å². The zero-order valence-electron chi connectivity index (χ0n) is 21.0. The molecular weight excluding hydrogens is 408 g/mol. The normalized spacial score (nSPS) is 17.5. The molecule has 1 heterocycles. The minimum atomic E-state index is -1.03. The fourth-order valence-electron chi connectivity index (χ4n) is 4.24. The maximum atomic E-state index is 8.18. The fourth-order valence-corrected chi connectivity index (χ4v) is 4.24. The van der Waals surface area contributed by atoms with E-state index in [0.717, 1.165) is 36.3 Å². The first kappa shape index (κ1) is 27.0. The molecule has 1 atom stereocenters. The molecule has 1 aliphatic rings. The van der Waals surface area contributed by atoms with Gasteiger partial charge in [-0.25, -0.2) is 0 Å². The van der Waals surface area contributed by atoms with E-state index in [4.69, 9.17) is 20.6 Å². The molecule has 0 radical (unpaired) electrons. The van der Waals surface area contributed by atoms with Crippen molar-refractivity contribution in [3.8, 4) is 5.75 Å². The third-order valence-electron chi connectivity index (χ3n) is 6.45. The molecule has 0 saturated heterocycles. The van der Waals surface area contributed by atoms with Crippen LogP contribution in [0.15, 0.2) is 48.3 Å². The highest BCUT2D eigenvalue weighted by Crippen LogP contribution is 2.34. The molecule has 0 aromatic heterocycles. The van der Waals surface area contributed by atoms with Gasteiger partial charge in [0.15, 0.2) is 0 Å². The monoisotopic (exact) mass is 454 g/mol. The van der Waals surface area contributed by atoms with Crippen molar-refractivity contribution in [2.75, 3.05) is 6.61 Å². The van der Waals surface area contributed by atoms with Crippen LogP contribution in [0.2, 0.25) is 0 Å². The van der Waals surface area contributed by atoms with E-state index in [9.17, 15) is 0 Å². The molecule has 1 unspecified atom stereocenters. The standard InChI is InChI=1S/C29H46N2O2/c1-3-5-7-9-11-13-15-23-32-27-19-17-26(18-20-27)29(28(30)31)22-21-25(24-33-29)16-14-12-10-8-6-4-2/h17-22,24H,3-16,23H2,1-2H3,(H3,30,31). The molecule has 4 heteroatoms. The van der Waals surface area contributed by atoms with Crippen LogP contribution in [0.3, 0.4) is 0 Å². The SMILES string of the molecule is CCCCCCCCCOc1ccc(C2(C(=N)N)C=CC(CCCCCCCC)=CO2)cc1. The van der Waals surface area contributed by atoms with Crippen LogP contribution in [0.25, 0.3) is 0 Å². The van der Waals surface area contributed by atoms with E-state index in [2.05, 4.69) is 19.9 Å². The Balaban J connectivity index is 1.79. The molecule has 1 aromatic carbocycles. The summed E-state index contributed by atoms with van der Waals surface area (Å²) in [4.78, 5) is 0. The number of rotatable bonds is 18. The molecule has 0 amide bonds. The van der Waals surface area contributed by atoms with Crippen LogP contribution in [0.5, 0.6) is 5.75 Å². The van der Waals surface area contributed by atoms with Gasteiger partial charge in [0.05, 0.1) is 12.9 Å². The van der Waals surface area contributed by atoms with Crippen molar-refractivity contribution in [3.63, 3.8) is 0 Å². The van der Waals surface area contributed by atoms with E-state index in [0.29, 0.717) is 0 Å². The van der Waals surface area contributed by atoms with Gasteiger partial charge in [-0.05, 0) is 43.0 Å². The van der Waals surface area contributed by atoms with Crippen LogP contribution in [0.4, 0.5) is 0 Å². The summed E-state index contributed by atoms with van der Waals surface area (Å²) in [6.45, 7) is 5.24. The van der Waals surface area contributed by atoms with Crippen molar-refractivity contribution in [2.45, 2.75) is 109 Å². The number of hydrogen-bond donors (Lipinski definition) is 2. The van der Waals surface area contributed by atoms with Gasteiger partial charge in [-0.2, -0.15) is 0 Å². The third-order valence-corrected chi connectivity index (χ3v) is 6.45. The number of amidine groups is 1. The lowest BCUT2D eigenvalue weighted by atomic mass is 9.89. The summed E-state index contributed by atoms with van der Waals surface area (Å²) < 4.78 is 12.0. The summed E-state index contributed by atoms with van der Waals surface area (Å²) >= 11 is 0. The van der Waals surface area contributed by atoms with Gasteiger partial charge in [-0.15, -0.1) is 0 Å². The van der Waals surface area contributed by atoms with Gasteiger partial charge in [0, 0.05) is 5.56 Å². The Morgan fingerprint density at radius 2 is 1.42 bits per heavy atom. The van der Waals surface area contributed by atoms with Gasteiger partial charge in [-0.3, -0.25) is 5.41 Å². The van der Waals surface area contributed by atoms with E-state index in [1.807, 2.05) is 30.3 Å². The number of ether oxygens (including phenoxy) is 2. The maximum absolute atomic E-state index is 8.18. The predicted octanol–water partition coefficient (Wildman–Crippen LogP) is 8.17. The Bertz CT molecular complexity index is 738. The lowest BCUT2D eigenvalue weighted by Crippen LogP contribution is -2.41. The van der Waals surface area contributed by atoms with Crippen LogP contribution in [-0.2, 0) is 10.3 Å². The Morgan fingerprint density at radius 1 is 0.848 bits per heavy atom. The average molecular weight is 455 g/mol. The molecule has 3 N–H and O–H groups in total. The molecule has 1 aromatic rings. The zero-order chi connectivity index (χ0) is 23.8. The lowest BCUT2D eigenvalue weighted by Gasteiger charge is -2.32. The average Bonchev–Trinajstić information content (AvgIpc) is 2.83. The number of unbranched alkanes of at least 4 members (excludes halogenated alkanes) is 11. The maximum Gasteiger partial charge on any atom is 0.207 e. The second kappa shape index (κ2) is 15.6. The van der Waals surface area contributed by atoms with Crippen LogP contribution < -0.4 is 10.5 Å². The molecule has 0 fully saturated rings. The van der Waals surface area contributed by atoms with Gasteiger partial charge >= 0.3 is 0 Å². The molecule has 0 spiro atoms. The molecule has 0 bridgehead atoms. The number of benzene rings is 1. The first-order chi connectivity index (χ1) is 16.1. The van der Waals surface area contributed by atoms with Crippen LogP contribution in [-0.4, -0.2) is 12.4 Å². The summed E-state index contributed by atoms with van der Waals surface area (Å²) in [5.74, 6) is 0.841. The fraction of sp³-hybridized carbons (Fsp3) is 0.621. The van der Waals surface area contributed by atoms with Crippen molar-refractivity contribution in [2.24, 2.45) is 5.73 Å². The number of nitrogens with two attached hydrogens (primary N) is 1. The van der Waals surface area contributed by atoms with E-state index in [-0.39, 0.29) is 5.84 Å².